The van der Waals surface area contributed by atoms with Crippen LogP contribution >= 0.6 is 0 Å². The maximum absolute atomic E-state index is 6.59. The molecule has 0 N–H and O–H groups in total. The molecule has 0 radical (unpaired) electrons. The number of benzene rings is 9. The smallest absolute Gasteiger partial charge is 0.160 e. The molecule has 13 rings (SSSR count). The molecule has 9 aromatic carbocycles. The highest BCUT2D eigenvalue weighted by molar-refractivity contribution is 6.23. The number of fused-ring (bicyclic) bond motifs is 9. The van der Waals surface area contributed by atoms with Crippen molar-refractivity contribution >= 4 is 82.9 Å². The molecule has 5 nitrogen and oxygen atoms in total. The summed E-state index contributed by atoms with van der Waals surface area (Å²) < 4.78 is 15.3. The number of aromatic nitrogens is 1. The van der Waals surface area contributed by atoms with Gasteiger partial charge in [-0.05, 0) is 120 Å². The predicted molar refractivity (Wildman–Crippen MR) is 274 cm³/mol. The van der Waals surface area contributed by atoms with Gasteiger partial charge in [0.2, 0.25) is 0 Å². The van der Waals surface area contributed by atoms with E-state index in [0.29, 0.717) is 5.84 Å². The van der Waals surface area contributed by atoms with Crippen LogP contribution in [0.2, 0.25) is 0 Å². The number of furan rings is 2. The Kier molecular flexibility index (Phi) is 8.81. The number of para-hydroxylation sites is 3. The second-order valence-corrected chi connectivity index (χ2v) is 17.3. The first-order valence-electron chi connectivity index (χ1n) is 22.6. The van der Waals surface area contributed by atoms with Crippen molar-refractivity contribution in [3.8, 4) is 27.9 Å². The Balaban J connectivity index is 0.913. The lowest BCUT2D eigenvalue weighted by Gasteiger charge is -2.17. The topological polar surface area (TPSA) is 55.9 Å². The van der Waals surface area contributed by atoms with Crippen LogP contribution in [0.15, 0.2) is 231 Å². The Morgan fingerprint density at radius 1 is 0.394 bits per heavy atom. The second kappa shape index (κ2) is 15.3. The number of amidine groups is 1. The highest BCUT2D eigenvalue weighted by Crippen LogP contribution is 2.39. The van der Waals surface area contributed by atoms with Gasteiger partial charge >= 0.3 is 0 Å². The summed E-state index contributed by atoms with van der Waals surface area (Å²) in [6.07, 6.45) is 1.60. The maximum atomic E-state index is 6.59. The van der Waals surface area contributed by atoms with Crippen LogP contribution in [0.5, 0.6) is 0 Å². The predicted octanol–water partition coefficient (Wildman–Crippen LogP) is 16.4. The summed E-state index contributed by atoms with van der Waals surface area (Å²) >= 11 is 0. The molecule has 0 spiro atoms. The Labute approximate surface area is 380 Å². The molecule has 0 fully saturated rings. The van der Waals surface area contributed by atoms with Gasteiger partial charge in [0.1, 0.15) is 22.3 Å². The Morgan fingerprint density at radius 3 is 1.82 bits per heavy atom. The van der Waals surface area contributed by atoms with Gasteiger partial charge in [-0.25, -0.2) is 9.98 Å². The zero-order chi connectivity index (χ0) is 43.7. The average molecular weight is 848 g/mol. The second-order valence-electron chi connectivity index (χ2n) is 17.3. The van der Waals surface area contributed by atoms with Gasteiger partial charge in [0, 0.05) is 49.1 Å². The van der Waals surface area contributed by atoms with Crippen molar-refractivity contribution in [2.45, 2.75) is 19.8 Å². The van der Waals surface area contributed by atoms with Crippen LogP contribution in [0.3, 0.4) is 0 Å². The van der Waals surface area contributed by atoms with Crippen LogP contribution in [0.1, 0.15) is 36.5 Å². The lowest BCUT2D eigenvalue weighted by molar-refractivity contribution is 0.668. The molecule has 0 atom stereocenters. The Bertz CT molecular complexity index is 3980. The van der Waals surface area contributed by atoms with E-state index >= 15 is 0 Å². The van der Waals surface area contributed by atoms with E-state index in [4.69, 9.17) is 18.8 Å². The number of hydrogen-bond acceptors (Lipinski definition) is 4. The molecule has 0 aliphatic carbocycles. The highest BCUT2D eigenvalue weighted by atomic mass is 16.3. The van der Waals surface area contributed by atoms with Crippen molar-refractivity contribution in [2.75, 3.05) is 0 Å². The van der Waals surface area contributed by atoms with Gasteiger partial charge in [0.25, 0.3) is 0 Å². The van der Waals surface area contributed by atoms with Crippen LogP contribution in [0.4, 0.5) is 0 Å². The van der Waals surface area contributed by atoms with Gasteiger partial charge < -0.3 is 13.4 Å². The maximum Gasteiger partial charge on any atom is 0.160 e. The molecule has 0 bridgehead atoms. The van der Waals surface area contributed by atoms with E-state index in [0.717, 1.165) is 102 Å². The standard InChI is InChI=1S/C61H41N3O2/c1-38-23-32-52(41-13-4-2-5-14-41)62-61(63-60(38)44-28-31-48-47-18-9-11-21-55(47)66-58(48)37-44)49-19-12-22-57-59(49)51-36-43(30-34-56(51)65-57)40-26-24-39(25-27-40)42-29-33-54-50(35-42)46-17-8-10-20-53(46)64(54)45-15-6-3-7-16-45/h2-22,24-31,33-37H,23,32H2,1H3/b60-38+,62-52?,63-61?. The van der Waals surface area contributed by atoms with Gasteiger partial charge in [-0.15, -0.1) is 0 Å². The number of hydrogen-bond donors (Lipinski definition) is 0. The third kappa shape index (κ3) is 6.31. The van der Waals surface area contributed by atoms with Crippen molar-refractivity contribution in [1.29, 1.82) is 0 Å². The van der Waals surface area contributed by atoms with E-state index in [1.54, 1.807) is 0 Å². The molecular weight excluding hydrogens is 807 g/mol. The third-order valence-electron chi connectivity index (χ3n) is 13.3. The van der Waals surface area contributed by atoms with Crippen molar-refractivity contribution < 1.29 is 8.83 Å². The van der Waals surface area contributed by atoms with Crippen LogP contribution < -0.4 is 0 Å². The van der Waals surface area contributed by atoms with Crippen LogP contribution in [-0.2, 0) is 0 Å². The molecule has 0 saturated carbocycles. The molecule has 0 unspecified atom stereocenters. The molecular formula is C61H41N3O2. The summed E-state index contributed by atoms with van der Waals surface area (Å²) in [7, 11) is 0. The van der Waals surface area contributed by atoms with Crippen LogP contribution in [0, 0.1) is 0 Å². The largest absolute Gasteiger partial charge is 0.456 e. The number of nitrogens with zero attached hydrogens (tertiary/aromatic N) is 3. The lowest BCUT2D eigenvalue weighted by atomic mass is 9.96. The molecule has 5 heteroatoms. The molecule has 66 heavy (non-hydrogen) atoms. The number of allylic oxidation sites excluding steroid dienone is 1. The van der Waals surface area contributed by atoms with Gasteiger partial charge in [-0.3, -0.25) is 0 Å². The van der Waals surface area contributed by atoms with Crippen molar-refractivity contribution in [3.63, 3.8) is 0 Å². The van der Waals surface area contributed by atoms with Gasteiger partial charge in [-0.1, -0.05) is 140 Å². The van der Waals surface area contributed by atoms with E-state index in [9.17, 15) is 0 Å². The first-order valence-corrected chi connectivity index (χ1v) is 22.6. The van der Waals surface area contributed by atoms with Crippen LogP contribution in [0.25, 0.3) is 99.3 Å². The summed E-state index contributed by atoms with van der Waals surface area (Å²) in [6.45, 7) is 2.20. The summed E-state index contributed by atoms with van der Waals surface area (Å²) in [5, 5.41) is 6.71. The minimum atomic E-state index is 0.652. The monoisotopic (exact) mass is 847 g/mol. The van der Waals surface area contributed by atoms with E-state index < -0.39 is 0 Å². The first kappa shape index (κ1) is 38.0. The zero-order valence-electron chi connectivity index (χ0n) is 36.2. The number of rotatable bonds is 6. The Hall–Kier alpha value is -8.54. The summed E-state index contributed by atoms with van der Waals surface area (Å²) in [6, 6.07) is 72.9. The summed E-state index contributed by atoms with van der Waals surface area (Å²) in [5.74, 6) is 0.652. The molecule has 312 valence electrons. The van der Waals surface area contributed by atoms with E-state index in [1.165, 1.54) is 38.5 Å². The summed E-state index contributed by atoms with van der Waals surface area (Å²) in [5.41, 5.74) is 17.6. The fraction of sp³-hybridized carbons (Fsp3) is 0.0492. The van der Waals surface area contributed by atoms with Gasteiger partial charge in [0.15, 0.2) is 5.84 Å². The molecule has 1 aliphatic heterocycles. The summed E-state index contributed by atoms with van der Waals surface area (Å²) in [4.78, 5) is 11.0. The van der Waals surface area contributed by atoms with Crippen molar-refractivity contribution in [2.24, 2.45) is 9.98 Å². The van der Waals surface area contributed by atoms with Crippen molar-refractivity contribution in [1.82, 2.24) is 4.57 Å². The normalized spacial score (nSPS) is 14.6. The molecule has 0 amide bonds. The fourth-order valence-electron chi connectivity index (χ4n) is 10.0. The van der Waals surface area contributed by atoms with E-state index in [1.807, 2.05) is 24.3 Å². The zero-order valence-corrected chi connectivity index (χ0v) is 36.2. The third-order valence-corrected chi connectivity index (χ3v) is 13.3. The molecule has 3 aromatic heterocycles. The van der Waals surface area contributed by atoms with E-state index in [-0.39, 0.29) is 0 Å². The quantitative estimate of drug-likeness (QED) is 0.167. The lowest BCUT2D eigenvalue weighted by Crippen LogP contribution is -2.10. The van der Waals surface area contributed by atoms with Gasteiger partial charge in [-0.2, -0.15) is 0 Å². The molecule has 12 aromatic rings. The molecule has 0 saturated heterocycles. The van der Waals surface area contributed by atoms with Crippen molar-refractivity contribution in [3.05, 3.63) is 229 Å². The minimum Gasteiger partial charge on any atom is -0.456 e. The minimum absolute atomic E-state index is 0.652. The fourth-order valence-corrected chi connectivity index (χ4v) is 10.0. The highest BCUT2D eigenvalue weighted by Gasteiger charge is 2.21. The molecule has 1 aliphatic rings. The number of aliphatic imine (C=N–C) groups is 2. The molecule has 4 heterocycles. The Morgan fingerprint density at radius 2 is 1.00 bits per heavy atom. The van der Waals surface area contributed by atoms with Gasteiger partial charge in [0.05, 0.1) is 22.4 Å². The average Bonchev–Trinajstić information content (AvgIpc) is 4.05. The SMILES string of the molecule is C/C1=C(/c2ccc3c(c2)oc2ccccc23)N=C(c2cccc3oc4ccc(-c5ccc(-c6ccc7c(c6)c6ccccc6n7-c6ccccc6)cc5)cc4c23)N=C(c2ccccc2)CC1. The van der Waals surface area contributed by atoms with Crippen LogP contribution in [-0.4, -0.2) is 16.1 Å². The first-order chi connectivity index (χ1) is 32.6. The van der Waals surface area contributed by atoms with E-state index in [2.05, 4.69) is 193 Å².